The fraction of sp³-hybridized carbons (Fsp3) is 0.375. The topological polar surface area (TPSA) is 72.2 Å². The lowest BCUT2D eigenvalue weighted by molar-refractivity contribution is -0.140. The summed E-state index contributed by atoms with van der Waals surface area (Å²) in [6.45, 7) is 2.58. The summed E-state index contributed by atoms with van der Waals surface area (Å²) < 4.78 is 13.5. The molecular weight excluding hydrogens is 191 g/mol. The minimum absolute atomic E-state index is 0.131. The molecule has 14 heavy (non-hydrogen) atoms. The monoisotopic (exact) mass is 200 g/mol. The third-order valence-electron chi connectivity index (χ3n) is 1.91. The van der Waals surface area contributed by atoms with Crippen LogP contribution in [0.15, 0.2) is 11.0 Å². The van der Waals surface area contributed by atoms with Crippen LogP contribution in [0.2, 0.25) is 0 Å². The predicted octanol–water partition coefficient (Wildman–Crippen LogP) is 0.336. The van der Waals surface area contributed by atoms with Crippen molar-refractivity contribution < 1.29 is 14.3 Å². The number of rotatable bonds is 2. The molecule has 5 nitrogen and oxygen atoms in total. The zero-order valence-electron chi connectivity index (χ0n) is 7.69. The molecule has 1 aromatic rings. The molecule has 0 aliphatic carbocycles. The lowest BCUT2D eigenvalue weighted by Crippen LogP contribution is -2.32. The molecule has 0 radical (unpaired) electrons. The van der Waals surface area contributed by atoms with E-state index in [-0.39, 0.29) is 5.56 Å². The van der Waals surface area contributed by atoms with Crippen LogP contribution in [0.25, 0.3) is 0 Å². The molecule has 1 N–H and O–H groups in total. The van der Waals surface area contributed by atoms with Gasteiger partial charge in [-0.3, -0.25) is 4.79 Å². The number of hydrogen-bond acceptors (Lipinski definition) is 3. The van der Waals surface area contributed by atoms with E-state index in [1.807, 2.05) is 0 Å². The van der Waals surface area contributed by atoms with Crippen LogP contribution < -0.4 is 5.56 Å². The van der Waals surface area contributed by atoms with Crippen LogP contribution in [0.3, 0.4) is 0 Å². The van der Waals surface area contributed by atoms with E-state index < -0.39 is 23.4 Å². The van der Waals surface area contributed by atoms with E-state index >= 15 is 0 Å². The van der Waals surface area contributed by atoms with Gasteiger partial charge in [0.05, 0.1) is 11.8 Å². The highest BCUT2D eigenvalue weighted by molar-refractivity contribution is 5.71. The minimum Gasteiger partial charge on any atom is -0.480 e. The summed E-state index contributed by atoms with van der Waals surface area (Å²) in [6.07, 6.45) is 0.830. The first kappa shape index (κ1) is 10.4. The number of carboxylic acids is 1. The first-order valence-corrected chi connectivity index (χ1v) is 3.92. The van der Waals surface area contributed by atoms with Crippen molar-refractivity contribution >= 4 is 5.97 Å². The number of nitrogens with zero attached hydrogens (tertiary/aromatic N) is 2. The van der Waals surface area contributed by atoms with Crippen LogP contribution >= 0.6 is 0 Å². The van der Waals surface area contributed by atoms with Gasteiger partial charge in [0.25, 0.3) is 5.56 Å². The van der Waals surface area contributed by atoms with Crippen molar-refractivity contribution in [3.63, 3.8) is 0 Å². The summed E-state index contributed by atoms with van der Waals surface area (Å²) in [5, 5.41) is 12.0. The van der Waals surface area contributed by atoms with Crippen molar-refractivity contribution in [1.29, 1.82) is 0 Å². The molecule has 0 aliphatic heterocycles. The second-order valence-corrected chi connectivity index (χ2v) is 2.88. The van der Waals surface area contributed by atoms with Gasteiger partial charge in [-0.25, -0.2) is 13.9 Å². The molecule has 0 fully saturated rings. The third kappa shape index (κ3) is 1.63. The van der Waals surface area contributed by atoms with Crippen molar-refractivity contribution in [2.75, 3.05) is 0 Å². The molecule has 6 heteroatoms. The highest BCUT2D eigenvalue weighted by atomic mass is 19.1. The Bertz CT molecular complexity index is 427. The fourth-order valence-corrected chi connectivity index (χ4v) is 0.917. The molecule has 1 atom stereocenters. The fourth-order valence-electron chi connectivity index (χ4n) is 0.917. The molecule has 0 unspecified atom stereocenters. The Balaban J connectivity index is 3.32. The second kappa shape index (κ2) is 3.57. The van der Waals surface area contributed by atoms with Crippen LogP contribution in [0.4, 0.5) is 4.39 Å². The summed E-state index contributed by atoms with van der Waals surface area (Å²) in [7, 11) is 0. The van der Waals surface area contributed by atoms with Crippen LogP contribution in [-0.4, -0.2) is 20.9 Å². The molecule has 0 saturated heterocycles. The molecule has 0 aromatic carbocycles. The first-order chi connectivity index (χ1) is 6.45. The largest absolute Gasteiger partial charge is 0.480 e. The quantitative estimate of drug-likeness (QED) is 0.747. The lowest BCUT2D eigenvalue weighted by atomic mass is 10.3. The second-order valence-electron chi connectivity index (χ2n) is 2.88. The summed E-state index contributed by atoms with van der Waals surface area (Å²) >= 11 is 0. The number of carboxylic acid groups (broad SMARTS) is 1. The number of aliphatic carboxylic acids is 1. The van der Waals surface area contributed by atoms with E-state index in [0.29, 0.717) is 0 Å². The smallest absolute Gasteiger partial charge is 0.328 e. The third-order valence-corrected chi connectivity index (χ3v) is 1.91. The Morgan fingerprint density at radius 3 is 2.79 bits per heavy atom. The van der Waals surface area contributed by atoms with Crippen LogP contribution in [-0.2, 0) is 4.79 Å². The Kier molecular flexibility index (Phi) is 2.64. The van der Waals surface area contributed by atoms with E-state index in [1.54, 1.807) is 0 Å². The normalized spacial score (nSPS) is 12.5. The van der Waals surface area contributed by atoms with Crippen LogP contribution in [0, 0.1) is 12.7 Å². The summed E-state index contributed by atoms with van der Waals surface area (Å²) in [4.78, 5) is 21.9. The van der Waals surface area contributed by atoms with Crippen molar-refractivity contribution in [2.24, 2.45) is 0 Å². The Labute approximate surface area is 78.8 Å². The Morgan fingerprint density at radius 2 is 2.29 bits per heavy atom. The molecule has 1 heterocycles. The van der Waals surface area contributed by atoms with Gasteiger partial charge < -0.3 is 5.11 Å². The maximum Gasteiger partial charge on any atom is 0.328 e. The molecule has 1 aromatic heterocycles. The molecule has 0 bridgehead atoms. The highest BCUT2D eigenvalue weighted by Crippen LogP contribution is 2.02. The van der Waals surface area contributed by atoms with Gasteiger partial charge in [0.2, 0.25) is 0 Å². The molecule has 1 rings (SSSR count). The van der Waals surface area contributed by atoms with Gasteiger partial charge in [0.15, 0.2) is 11.9 Å². The number of hydrogen-bond donors (Lipinski definition) is 1. The summed E-state index contributed by atoms with van der Waals surface area (Å²) in [6, 6.07) is -1.10. The van der Waals surface area contributed by atoms with Crippen LogP contribution in [0.5, 0.6) is 0 Å². The Hall–Kier alpha value is -1.72. The lowest BCUT2D eigenvalue weighted by Gasteiger charge is -2.09. The average molecular weight is 200 g/mol. The highest BCUT2D eigenvalue weighted by Gasteiger charge is 2.17. The van der Waals surface area contributed by atoms with E-state index in [4.69, 9.17) is 5.11 Å². The van der Waals surface area contributed by atoms with Crippen molar-refractivity contribution in [3.05, 3.63) is 27.9 Å². The predicted molar refractivity (Wildman–Crippen MR) is 45.5 cm³/mol. The van der Waals surface area contributed by atoms with Gasteiger partial charge in [-0.2, -0.15) is 5.10 Å². The zero-order valence-corrected chi connectivity index (χ0v) is 7.69. The molecular formula is C8H9FN2O3. The molecule has 0 amide bonds. The number of carbonyl (C=O) groups is 1. The number of aromatic nitrogens is 2. The van der Waals surface area contributed by atoms with E-state index in [0.717, 1.165) is 10.9 Å². The Morgan fingerprint density at radius 1 is 1.71 bits per heavy atom. The van der Waals surface area contributed by atoms with Gasteiger partial charge in [-0.15, -0.1) is 0 Å². The van der Waals surface area contributed by atoms with Crippen molar-refractivity contribution in [1.82, 2.24) is 9.78 Å². The van der Waals surface area contributed by atoms with Gasteiger partial charge in [-0.1, -0.05) is 0 Å². The van der Waals surface area contributed by atoms with E-state index in [1.165, 1.54) is 13.8 Å². The maximum absolute atomic E-state index is 12.8. The van der Waals surface area contributed by atoms with Gasteiger partial charge in [0.1, 0.15) is 0 Å². The van der Waals surface area contributed by atoms with Crippen LogP contribution in [0.1, 0.15) is 18.5 Å². The maximum atomic E-state index is 12.8. The standard InChI is InChI=1S/C8H9FN2O3/c1-4-6(9)3-10-11(7(4)12)5(2)8(13)14/h3,5H,1-2H3,(H,13,14)/t5-/m1/s1. The molecule has 76 valence electrons. The molecule has 0 aliphatic rings. The zero-order chi connectivity index (χ0) is 10.9. The van der Waals surface area contributed by atoms with E-state index in [9.17, 15) is 14.0 Å². The molecule has 0 saturated carbocycles. The summed E-state index contributed by atoms with van der Waals surface area (Å²) in [5.74, 6) is -1.92. The van der Waals surface area contributed by atoms with Gasteiger partial charge in [-0.05, 0) is 13.8 Å². The van der Waals surface area contributed by atoms with Crippen molar-refractivity contribution in [3.8, 4) is 0 Å². The summed E-state index contributed by atoms with van der Waals surface area (Å²) in [5.41, 5.74) is -0.854. The molecule has 0 spiro atoms. The van der Waals surface area contributed by atoms with Gasteiger partial charge >= 0.3 is 5.97 Å². The SMILES string of the molecule is Cc1c(F)cnn([C@H](C)C(=O)O)c1=O. The van der Waals surface area contributed by atoms with E-state index in [2.05, 4.69) is 5.10 Å². The number of halogens is 1. The minimum atomic E-state index is -1.19. The first-order valence-electron chi connectivity index (χ1n) is 3.92. The van der Waals surface area contributed by atoms with Crippen molar-refractivity contribution in [2.45, 2.75) is 19.9 Å². The average Bonchev–Trinajstić information content (AvgIpc) is 2.13. The van der Waals surface area contributed by atoms with Gasteiger partial charge in [0, 0.05) is 0 Å².